The van der Waals surface area contributed by atoms with E-state index in [1.54, 1.807) is 18.2 Å². The molecule has 1 atom stereocenters. The zero-order chi connectivity index (χ0) is 24.7. The summed E-state index contributed by atoms with van der Waals surface area (Å²) in [5.74, 6) is -0.154. The summed E-state index contributed by atoms with van der Waals surface area (Å²) in [4.78, 5) is 27.4. The summed E-state index contributed by atoms with van der Waals surface area (Å²) in [6.45, 7) is 7.62. The molecular formula is C27H33NO6. The molecule has 7 heteroatoms. The van der Waals surface area contributed by atoms with Crippen molar-refractivity contribution in [1.82, 2.24) is 4.90 Å². The van der Waals surface area contributed by atoms with E-state index in [9.17, 15) is 14.7 Å². The van der Waals surface area contributed by atoms with Gasteiger partial charge in [-0.1, -0.05) is 26.0 Å². The first-order valence-corrected chi connectivity index (χ1v) is 11.7. The van der Waals surface area contributed by atoms with Crippen LogP contribution in [0, 0.1) is 6.92 Å². The molecule has 1 heterocycles. The Kier molecular flexibility index (Phi) is 8.71. The smallest absolute Gasteiger partial charge is 0.295 e. The molecule has 182 valence electrons. The molecule has 0 aromatic heterocycles. The van der Waals surface area contributed by atoms with Gasteiger partial charge in [0.2, 0.25) is 0 Å². The minimum absolute atomic E-state index is 0.0601. The topological polar surface area (TPSA) is 85.3 Å². The van der Waals surface area contributed by atoms with Crippen molar-refractivity contribution >= 4 is 17.4 Å². The van der Waals surface area contributed by atoms with Gasteiger partial charge < -0.3 is 24.2 Å². The van der Waals surface area contributed by atoms with Crippen LogP contribution in [0.4, 0.5) is 0 Å². The van der Waals surface area contributed by atoms with Gasteiger partial charge in [-0.3, -0.25) is 9.59 Å². The molecule has 1 aliphatic rings. The molecule has 2 aromatic rings. The maximum atomic E-state index is 13.1. The third kappa shape index (κ3) is 5.42. The minimum Gasteiger partial charge on any atom is -0.507 e. The molecule has 1 unspecified atom stereocenters. The van der Waals surface area contributed by atoms with E-state index in [0.29, 0.717) is 30.1 Å². The second kappa shape index (κ2) is 11.7. The molecule has 0 bridgehead atoms. The van der Waals surface area contributed by atoms with Crippen molar-refractivity contribution in [2.24, 2.45) is 0 Å². The maximum Gasteiger partial charge on any atom is 0.295 e. The number of nitrogens with zero attached hydrogens (tertiary/aromatic N) is 1. The SMILES string of the molecule is CCCOc1ccc(C2/C(=C(/O)c3ccc(OCCC)c(C)c3)C(=O)C(=O)N2CCOC)cc1. The van der Waals surface area contributed by atoms with E-state index >= 15 is 0 Å². The molecule has 0 radical (unpaired) electrons. The zero-order valence-corrected chi connectivity index (χ0v) is 20.3. The fourth-order valence-electron chi connectivity index (χ4n) is 3.94. The van der Waals surface area contributed by atoms with Crippen molar-refractivity contribution in [3.8, 4) is 11.5 Å². The highest BCUT2D eigenvalue weighted by molar-refractivity contribution is 6.46. The Hall–Kier alpha value is -3.32. The quantitative estimate of drug-likeness (QED) is 0.294. The number of ether oxygens (including phenoxy) is 3. The number of hydrogen-bond donors (Lipinski definition) is 1. The number of rotatable bonds is 11. The Morgan fingerprint density at radius 2 is 1.65 bits per heavy atom. The summed E-state index contributed by atoms with van der Waals surface area (Å²) < 4.78 is 16.5. The number of Topliss-reactive ketones (excluding diaryl/α,β-unsaturated/α-hetero) is 1. The van der Waals surface area contributed by atoms with E-state index in [1.807, 2.05) is 45.0 Å². The highest BCUT2D eigenvalue weighted by Gasteiger charge is 2.45. The highest BCUT2D eigenvalue weighted by atomic mass is 16.5. The molecule has 2 aromatic carbocycles. The first-order valence-electron chi connectivity index (χ1n) is 11.7. The Balaban J connectivity index is 2.05. The van der Waals surface area contributed by atoms with Crippen LogP contribution in [-0.4, -0.2) is 55.2 Å². The van der Waals surface area contributed by atoms with Gasteiger partial charge >= 0.3 is 0 Å². The Morgan fingerprint density at radius 1 is 0.971 bits per heavy atom. The lowest BCUT2D eigenvalue weighted by Gasteiger charge is -2.25. The number of benzene rings is 2. The predicted octanol–water partition coefficient (Wildman–Crippen LogP) is 4.64. The van der Waals surface area contributed by atoms with Crippen LogP contribution in [0.5, 0.6) is 11.5 Å². The monoisotopic (exact) mass is 467 g/mol. The summed E-state index contributed by atoms with van der Waals surface area (Å²) in [7, 11) is 1.54. The standard InChI is InChI=1S/C27H33NO6/c1-5-14-33-21-10-7-19(8-11-21)24-23(26(30)27(31)28(24)13-16-32-4)25(29)20-9-12-22(18(3)17-20)34-15-6-2/h7-12,17,24,29H,5-6,13-16H2,1-4H3/b25-23-. The van der Waals surface area contributed by atoms with Gasteiger partial charge in [-0.25, -0.2) is 0 Å². The van der Waals surface area contributed by atoms with Gasteiger partial charge in [-0.2, -0.15) is 0 Å². The van der Waals surface area contributed by atoms with Crippen LogP contribution in [0.25, 0.3) is 5.76 Å². The van der Waals surface area contributed by atoms with Crippen molar-refractivity contribution < 1.29 is 28.9 Å². The van der Waals surface area contributed by atoms with E-state index in [4.69, 9.17) is 14.2 Å². The average Bonchev–Trinajstić information content (AvgIpc) is 3.10. The van der Waals surface area contributed by atoms with Gasteiger partial charge in [0.05, 0.1) is 31.4 Å². The largest absolute Gasteiger partial charge is 0.507 e. The van der Waals surface area contributed by atoms with E-state index in [-0.39, 0.29) is 24.5 Å². The Morgan fingerprint density at radius 3 is 2.26 bits per heavy atom. The lowest BCUT2D eigenvalue weighted by Crippen LogP contribution is -2.32. The molecule has 1 N–H and O–H groups in total. The summed E-state index contributed by atoms with van der Waals surface area (Å²) in [5, 5.41) is 11.2. The molecule has 0 spiro atoms. The van der Waals surface area contributed by atoms with Gasteiger partial charge in [0.15, 0.2) is 0 Å². The highest BCUT2D eigenvalue weighted by Crippen LogP contribution is 2.40. The fourth-order valence-corrected chi connectivity index (χ4v) is 3.94. The van der Waals surface area contributed by atoms with Crippen LogP contribution in [0.15, 0.2) is 48.0 Å². The third-order valence-corrected chi connectivity index (χ3v) is 5.66. The normalized spacial score (nSPS) is 17.3. The predicted molar refractivity (Wildman–Crippen MR) is 130 cm³/mol. The lowest BCUT2D eigenvalue weighted by atomic mass is 9.94. The van der Waals surface area contributed by atoms with Crippen LogP contribution >= 0.6 is 0 Å². The number of carbonyl (C=O) groups is 2. The molecular weight excluding hydrogens is 434 g/mol. The molecule has 1 saturated heterocycles. The number of amides is 1. The second-order valence-electron chi connectivity index (χ2n) is 8.23. The third-order valence-electron chi connectivity index (χ3n) is 5.66. The average molecular weight is 468 g/mol. The van der Waals surface area contributed by atoms with Crippen LogP contribution in [-0.2, 0) is 14.3 Å². The first-order chi connectivity index (χ1) is 16.4. The molecule has 7 nitrogen and oxygen atoms in total. The summed E-state index contributed by atoms with van der Waals surface area (Å²) in [6.07, 6.45) is 1.77. The number of aliphatic hydroxyl groups excluding tert-OH is 1. The number of ketones is 1. The minimum atomic E-state index is -0.730. The number of carbonyl (C=O) groups excluding carboxylic acids is 2. The lowest BCUT2D eigenvalue weighted by molar-refractivity contribution is -0.140. The molecule has 34 heavy (non-hydrogen) atoms. The second-order valence-corrected chi connectivity index (χ2v) is 8.23. The van der Waals surface area contributed by atoms with Crippen LogP contribution in [0.2, 0.25) is 0 Å². The molecule has 0 aliphatic carbocycles. The first kappa shape index (κ1) is 25.3. The zero-order valence-electron chi connectivity index (χ0n) is 20.3. The van der Waals surface area contributed by atoms with Crippen LogP contribution < -0.4 is 9.47 Å². The van der Waals surface area contributed by atoms with E-state index in [2.05, 4.69) is 0 Å². The maximum absolute atomic E-state index is 13.1. The molecule has 1 fully saturated rings. The van der Waals surface area contributed by atoms with Crippen LogP contribution in [0.1, 0.15) is 49.4 Å². The van der Waals surface area contributed by atoms with Crippen LogP contribution in [0.3, 0.4) is 0 Å². The molecule has 1 amide bonds. The van der Waals surface area contributed by atoms with Gasteiger partial charge in [0.1, 0.15) is 17.3 Å². The van der Waals surface area contributed by atoms with Crippen molar-refractivity contribution in [3.63, 3.8) is 0 Å². The molecule has 3 rings (SSSR count). The summed E-state index contributed by atoms with van der Waals surface area (Å²) in [6, 6.07) is 11.8. The van der Waals surface area contributed by atoms with Gasteiger partial charge in [0, 0.05) is 19.2 Å². The molecule has 1 aliphatic heterocycles. The van der Waals surface area contributed by atoms with E-state index in [0.717, 1.165) is 24.2 Å². The summed E-state index contributed by atoms with van der Waals surface area (Å²) >= 11 is 0. The number of likely N-dealkylation sites (tertiary alicyclic amines) is 1. The molecule has 0 saturated carbocycles. The fraction of sp³-hybridized carbons (Fsp3) is 0.407. The van der Waals surface area contributed by atoms with Gasteiger partial charge in [0.25, 0.3) is 11.7 Å². The number of hydrogen-bond acceptors (Lipinski definition) is 6. The van der Waals surface area contributed by atoms with Crippen molar-refractivity contribution in [1.29, 1.82) is 0 Å². The number of aliphatic hydroxyl groups is 1. The van der Waals surface area contributed by atoms with Gasteiger partial charge in [-0.15, -0.1) is 0 Å². The Bertz CT molecular complexity index is 1040. The number of aryl methyl sites for hydroxylation is 1. The van der Waals surface area contributed by atoms with Crippen molar-refractivity contribution in [2.75, 3.05) is 33.5 Å². The van der Waals surface area contributed by atoms with E-state index < -0.39 is 17.7 Å². The Labute approximate surface area is 200 Å². The van der Waals surface area contributed by atoms with Crippen molar-refractivity contribution in [3.05, 3.63) is 64.7 Å². The van der Waals surface area contributed by atoms with Gasteiger partial charge in [-0.05, 0) is 61.2 Å². The van der Waals surface area contributed by atoms with E-state index in [1.165, 1.54) is 12.0 Å². The van der Waals surface area contributed by atoms with Crippen molar-refractivity contribution in [2.45, 2.75) is 39.7 Å². The number of methoxy groups -OCH3 is 1. The summed E-state index contributed by atoms with van der Waals surface area (Å²) in [5.41, 5.74) is 2.06.